The van der Waals surface area contributed by atoms with Crippen molar-refractivity contribution < 1.29 is 14.3 Å². The van der Waals surface area contributed by atoms with Gasteiger partial charge in [-0.15, -0.1) is 0 Å². The molecule has 0 unspecified atom stereocenters. The van der Waals surface area contributed by atoms with E-state index >= 15 is 0 Å². The summed E-state index contributed by atoms with van der Waals surface area (Å²) in [5, 5.41) is 2.88. The van der Waals surface area contributed by atoms with Crippen molar-refractivity contribution >= 4 is 11.9 Å². The quantitative estimate of drug-likeness (QED) is 0.635. The van der Waals surface area contributed by atoms with Crippen LogP contribution in [-0.4, -0.2) is 37.1 Å². The first-order valence-electron chi connectivity index (χ1n) is 9.18. The van der Waals surface area contributed by atoms with E-state index in [1.807, 2.05) is 60.5 Å². The second-order valence-corrected chi connectivity index (χ2v) is 6.46. The Morgan fingerprint density at radius 3 is 2.48 bits per heavy atom. The highest BCUT2D eigenvalue weighted by Crippen LogP contribution is 2.27. The van der Waals surface area contributed by atoms with E-state index in [9.17, 15) is 4.79 Å². The van der Waals surface area contributed by atoms with Crippen LogP contribution in [0.15, 0.2) is 60.8 Å². The third-order valence-corrected chi connectivity index (χ3v) is 4.38. The second kappa shape index (κ2) is 9.54. The number of carbonyl (C=O) groups excluding carboxylic acids is 1. The molecule has 3 aromatic rings. The Kier molecular flexibility index (Phi) is 6.63. The summed E-state index contributed by atoms with van der Waals surface area (Å²) in [5.74, 6) is 1.49. The lowest BCUT2D eigenvalue weighted by Crippen LogP contribution is -2.26. The number of methoxy groups -OCH3 is 2. The van der Waals surface area contributed by atoms with Crippen molar-refractivity contribution in [2.24, 2.45) is 0 Å². The zero-order valence-corrected chi connectivity index (χ0v) is 16.8. The first kappa shape index (κ1) is 20.1. The fourth-order valence-corrected chi connectivity index (χ4v) is 2.85. The Labute approximate surface area is 170 Å². The summed E-state index contributed by atoms with van der Waals surface area (Å²) in [7, 11) is 5.06. The number of ether oxygens (including phenoxy) is 2. The minimum atomic E-state index is -0.267. The summed E-state index contributed by atoms with van der Waals surface area (Å²) < 4.78 is 10.5. The number of nitrogens with zero attached hydrogens (tertiary/aromatic N) is 3. The van der Waals surface area contributed by atoms with E-state index in [1.54, 1.807) is 26.5 Å². The third kappa shape index (κ3) is 5.22. The maximum absolute atomic E-state index is 12.6. The minimum absolute atomic E-state index is 0.267. The molecule has 7 heteroatoms. The van der Waals surface area contributed by atoms with E-state index in [-0.39, 0.29) is 5.91 Å². The van der Waals surface area contributed by atoms with Gasteiger partial charge in [-0.05, 0) is 29.3 Å². The summed E-state index contributed by atoms with van der Waals surface area (Å²) in [6, 6.07) is 17.1. The molecule has 2 aromatic carbocycles. The number of hydrogen-bond acceptors (Lipinski definition) is 6. The van der Waals surface area contributed by atoms with Gasteiger partial charge in [0.2, 0.25) is 5.95 Å². The highest BCUT2D eigenvalue weighted by molar-refractivity contribution is 5.92. The van der Waals surface area contributed by atoms with Crippen LogP contribution < -0.4 is 19.7 Å². The second-order valence-electron chi connectivity index (χ2n) is 6.46. The van der Waals surface area contributed by atoms with E-state index in [1.165, 1.54) is 0 Å². The molecule has 1 N–H and O–H groups in total. The third-order valence-electron chi connectivity index (χ3n) is 4.38. The van der Waals surface area contributed by atoms with Crippen molar-refractivity contribution in [2.75, 3.05) is 26.2 Å². The van der Waals surface area contributed by atoms with E-state index in [4.69, 9.17) is 9.47 Å². The highest BCUT2D eigenvalue weighted by atomic mass is 16.5. The van der Waals surface area contributed by atoms with Crippen LogP contribution in [0.25, 0.3) is 0 Å². The summed E-state index contributed by atoms with van der Waals surface area (Å²) in [6.07, 6.45) is 1.59. The van der Waals surface area contributed by atoms with Gasteiger partial charge in [0.25, 0.3) is 5.91 Å². The van der Waals surface area contributed by atoms with E-state index in [0.717, 1.165) is 11.1 Å². The van der Waals surface area contributed by atoms with Crippen LogP contribution in [-0.2, 0) is 13.1 Å². The molecule has 3 rings (SSSR count). The van der Waals surface area contributed by atoms with Gasteiger partial charge in [0, 0.05) is 26.3 Å². The fourth-order valence-electron chi connectivity index (χ4n) is 2.85. The number of anilines is 1. The average Bonchev–Trinajstić information content (AvgIpc) is 2.78. The van der Waals surface area contributed by atoms with E-state index in [2.05, 4.69) is 15.3 Å². The fraction of sp³-hybridized carbons (Fsp3) is 0.227. The van der Waals surface area contributed by atoms with Crippen LogP contribution in [0.2, 0.25) is 0 Å². The Morgan fingerprint density at radius 1 is 1.00 bits per heavy atom. The molecule has 0 radical (unpaired) electrons. The van der Waals surface area contributed by atoms with Crippen LogP contribution in [0.5, 0.6) is 11.5 Å². The Morgan fingerprint density at radius 2 is 1.76 bits per heavy atom. The molecule has 0 fully saturated rings. The number of carbonyl (C=O) groups is 1. The molecule has 1 aromatic heterocycles. The molecular weight excluding hydrogens is 368 g/mol. The topological polar surface area (TPSA) is 76.6 Å². The number of aromatic nitrogens is 2. The molecule has 7 nitrogen and oxygen atoms in total. The van der Waals surface area contributed by atoms with Crippen molar-refractivity contribution in [3.05, 3.63) is 77.6 Å². The number of rotatable bonds is 8. The lowest BCUT2D eigenvalue weighted by Gasteiger charge is -2.17. The van der Waals surface area contributed by atoms with Crippen LogP contribution >= 0.6 is 0 Å². The molecule has 1 heterocycles. The molecule has 0 saturated carbocycles. The Hall–Kier alpha value is -3.61. The van der Waals surface area contributed by atoms with Crippen molar-refractivity contribution in [2.45, 2.75) is 13.1 Å². The number of hydrogen-bond donors (Lipinski definition) is 1. The van der Waals surface area contributed by atoms with Crippen molar-refractivity contribution in [3.8, 4) is 11.5 Å². The summed E-state index contributed by atoms with van der Waals surface area (Å²) in [5.41, 5.74) is 2.35. The van der Waals surface area contributed by atoms with Gasteiger partial charge in [-0.25, -0.2) is 9.97 Å². The zero-order chi connectivity index (χ0) is 20.6. The standard InChI is InChI=1S/C22H24N4O3/c1-26(15-16-7-5-4-6-8-16)22-23-12-11-18(25-22)21(27)24-14-17-9-10-19(28-2)20(13-17)29-3/h4-13H,14-15H2,1-3H3,(H,24,27). The first-order valence-corrected chi connectivity index (χ1v) is 9.18. The smallest absolute Gasteiger partial charge is 0.270 e. The molecule has 29 heavy (non-hydrogen) atoms. The minimum Gasteiger partial charge on any atom is -0.493 e. The predicted octanol–water partition coefficient (Wildman–Crippen LogP) is 3.06. The van der Waals surface area contributed by atoms with Gasteiger partial charge < -0.3 is 19.7 Å². The molecule has 1 amide bonds. The Balaban J connectivity index is 1.65. The summed E-state index contributed by atoms with van der Waals surface area (Å²) in [6.45, 7) is 0.996. The van der Waals surface area contributed by atoms with Gasteiger partial charge in [0.15, 0.2) is 11.5 Å². The van der Waals surface area contributed by atoms with Crippen LogP contribution in [0.1, 0.15) is 21.6 Å². The van der Waals surface area contributed by atoms with E-state index in [0.29, 0.717) is 36.2 Å². The van der Waals surface area contributed by atoms with Crippen molar-refractivity contribution in [1.82, 2.24) is 15.3 Å². The van der Waals surface area contributed by atoms with Crippen LogP contribution in [0.4, 0.5) is 5.95 Å². The van der Waals surface area contributed by atoms with Crippen molar-refractivity contribution in [1.29, 1.82) is 0 Å². The molecule has 0 saturated heterocycles. The molecular formula is C22H24N4O3. The molecule has 0 aliphatic carbocycles. The van der Waals surface area contributed by atoms with Gasteiger partial charge in [-0.2, -0.15) is 0 Å². The van der Waals surface area contributed by atoms with Gasteiger partial charge in [0.1, 0.15) is 5.69 Å². The molecule has 150 valence electrons. The Bertz CT molecular complexity index is 963. The van der Waals surface area contributed by atoms with Gasteiger partial charge >= 0.3 is 0 Å². The normalized spacial score (nSPS) is 10.3. The lowest BCUT2D eigenvalue weighted by molar-refractivity contribution is 0.0946. The number of nitrogens with one attached hydrogen (secondary N) is 1. The SMILES string of the molecule is COc1ccc(CNC(=O)c2ccnc(N(C)Cc3ccccc3)n2)cc1OC. The predicted molar refractivity (Wildman–Crippen MR) is 111 cm³/mol. The van der Waals surface area contributed by atoms with Crippen molar-refractivity contribution in [3.63, 3.8) is 0 Å². The molecule has 0 atom stereocenters. The van der Waals surface area contributed by atoms with Gasteiger partial charge in [0.05, 0.1) is 14.2 Å². The summed E-state index contributed by atoms with van der Waals surface area (Å²) >= 11 is 0. The largest absolute Gasteiger partial charge is 0.493 e. The summed E-state index contributed by atoms with van der Waals surface area (Å²) in [4.78, 5) is 23.1. The van der Waals surface area contributed by atoms with Crippen LogP contribution in [0, 0.1) is 0 Å². The van der Waals surface area contributed by atoms with E-state index < -0.39 is 0 Å². The molecule has 0 aliphatic heterocycles. The zero-order valence-electron chi connectivity index (χ0n) is 16.8. The molecule has 0 bridgehead atoms. The van der Waals surface area contributed by atoms with Crippen LogP contribution in [0.3, 0.4) is 0 Å². The average molecular weight is 392 g/mol. The molecule has 0 aliphatic rings. The highest BCUT2D eigenvalue weighted by Gasteiger charge is 2.12. The monoisotopic (exact) mass is 392 g/mol. The lowest BCUT2D eigenvalue weighted by atomic mass is 10.2. The first-order chi connectivity index (χ1) is 14.1. The maximum Gasteiger partial charge on any atom is 0.270 e. The maximum atomic E-state index is 12.6. The van der Waals surface area contributed by atoms with Gasteiger partial charge in [-0.1, -0.05) is 36.4 Å². The number of amides is 1. The van der Waals surface area contributed by atoms with Gasteiger partial charge in [-0.3, -0.25) is 4.79 Å². The molecule has 0 spiro atoms. The number of benzene rings is 2.